The van der Waals surface area contributed by atoms with Crippen LogP contribution in [0.2, 0.25) is 0 Å². The Morgan fingerprint density at radius 1 is 1.27 bits per heavy atom. The van der Waals surface area contributed by atoms with Gasteiger partial charge < -0.3 is 4.74 Å². The van der Waals surface area contributed by atoms with Crippen LogP contribution in [0.25, 0.3) is 0 Å². The molecule has 0 radical (unpaired) electrons. The summed E-state index contributed by atoms with van der Waals surface area (Å²) in [5, 5.41) is 1.77. The van der Waals surface area contributed by atoms with E-state index in [1.165, 1.54) is 21.2 Å². The molecule has 1 amide bonds. The largest absolute Gasteiger partial charge is 0.449 e. The molecule has 0 saturated carbocycles. The number of allylic oxidation sites excluding steroid dienone is 2. The average molecular weight is 395 g/mol. The SMILES string of the molecule is CC1=CC2COC(=O)N(C3CCN(S(=O)(=O)c4cccs4)CC3)C2C=C1. The number of carbonyl (C=O) groups excluding carboxylic acids is 1. The summed E-state index contributed by atoms with van der Waals surface area (Å²) in [6.45, 7) is 3.30. The molecule has 6 nitrogen and oxygen atoms in total. The molecule has 0 spiro atoms. The molecule has 0 bridgehead atoms. The number of hydrogen-bond acceptors (Lipinski definition) is 5. The molecule has 0 aromatic carbocycles. The minimum atomic E-state index is -3.42. The standard InChI is InChI=1S/C18H22N2O4S2/c1-13-4-5-16-14(11-13)12-24-18(21)20(16)15-6-8-19(9-7-15)26(22,23)17-3-2-10-25-17/h2-5,10-11,14-16H,6-9,12H2,1H3. The molecule has 3 aliphatic rings. The van der Waals surface area contributed by atoms with E-state index in [9.17, 15) is 13.2 Å². The lowest BCUT2D eigenvalue weighted by Crippen LogP contribution is -2.57. The summed E-state index contributed by atoms with van der Waals surface area (Å²) in [4.78, 5) is 14.2. The lowest BCUT2D eigenvalue weighted by Gasteiger charge is -2.45. The van der Waals surface area contributed by atoms with E-state index in [0.29, 0.717) is 36.7 Å². The van der Waals surface area contributed by atoms with Crippen LogP contribution in [-0.4, -0.2) is 55.5 Å². The molecule has 1 aromatic heterocycles. The van der Waals surface area contributed by atoms with E-state index < -0.39 is 10.0 Å². The number of ether oxygens (including phenoxy) is 1. The van der Waals surface area contributed by atoms with E-state index in [0.717, 1.165) is 0 Å². The Hall–Kier alpha value is -1.64. The topological polar surface area (TPSA) is 66.9 Å². The maximum absolute atomic E-state index is 12.7. The summed E-state index contributed by atoms with van der Waals surface area (Å²) in [5.41, 5.74) is 1.18. The first-order chi connectivity index (χ1) is 12.5. The molecular formula is C18H22N2O4S2. The molecule has 3 heterocycles. The van der Waals surface area contributed by atoms with Crippen LogP contribution in [0.5, 0.6) is 0 Å². The van der Waals surface area contributed by atoms with Crippen molar-refractivity contribution in [3.8, 4) is 0 Å². The van der Waals surface area contributed by atoms with Gasteiger partial charge in [-0.2, -0.15) is 4.31 Å². The second-order valence-electron chi connectivity index (χ2n) is 6.98. The number of piperidine rings is 1. The van der Waals surface area contributed by atoms with Gasteiger partial charge in [-0.1, -0.05) is 29.9 Å². The van der Waals surface area contributed by atoms with Gasteiger partial charge in [0, 0.05) is 25.0 Å². The Labute approximate surface area is 157 Å². The third-order valence-corrected chi connectivity index (χ3v) is 8.58. The number of amides is 1. The minimum Gasteiger partial charge on any atom is -0.449 e. The van der Waals surface area contributed by atoms with Crippen molar-refractivity contribution < 1.29 is 17.9 Å². The van der Waals surface area contributed by atoms with Crippen molar-refractivity contribution in [2.45, 2.75) is 36.1 Å². The number of hydrogen-bond donors (Lipinski definition) is 0. The molecule has 1 aliphatic carbocycles. The number of cyclic esters (lactones) is 1. The van der Waals surface area contributed by atoms with Crippen LogP contribution in [0.1, 0.15) is 19.8 Å². The molecule has 140 valence electrons. The molecule has 2 fully saturated rings. The van der Waals surface area contributed by atoms with Crippen molar-refractivity contribution in [1.82, 2.24) is 9.21 Å². The Balaban J connectivity index is 1.47. The van der Waals surface area contributed by atoms with Crippen molar-refractivity contribution in [3.05, 3.63) is 41.3 Å². The van der Waals surface area contributed by atoms with Gasteiger partial charge in [-0.25, -0.2) is 13.2 Å². The van der Waals surface area contributed by atoms with Gasteiger partial charge in [0.25, 0.3) is 10.0 Å². The van der Waals surface area contributed by atoms with Crippen molar-refractivity contribution in [2.24, 2.45) is 5.92 Å². The number of nitrogens with zero attached hydrogens (tertiary/aromatic N) is 2. The van der Waals surface area contributed by atoms with Crippen molar-refractivity contribution >= 4 is 27.5 Å². The highest BCUT2D eigenvalue weighted by Gasteiger charge is 2.42. The van der Waals surface area contributed by atoms with Crippen LogP contribution in [0.15, 0.2) is 45.5 Å². The number of carbonyl (C=O) groups is 1. The van der Waals surface area contributed by atoms with Crippen LogP contribution >= 0.6 is 11.3 Å². The van der Waals surface area contributed by atoms with Crippen LogP contribution < -0.4 is 0 Å². The van der Waals surface area contributed by atoms with Crippen LogP contribution in [0, 0.1) is 5.92 Å². The maximum atomic E-state index is 12.7. The highest BCUT2D eigenvalue weighted by Crippen LogP contribution is 2.33. The van der Waals surface area contributed by atoms with Gasteiger partial charge in [0.2, 0.25) is 0 Å². The molecule has 2 saturated heterocycles. The van der Waals surface area contributed by atoms with Gasteiger partial charge in [0.05, 0.1) is 6.04 Å². The third kappa shape index (κ3) is 3.10. The zero-order chi connectivity index (χ0) is 18.3. The molecule has 0 N–H and O–H groups in total. The maximum Gasteiger partial charge on any atom is 0.410 e. The Bertz CT molecular complexity index is 837. The summed E-state index contributed by atoms with van der Waals surface area (Å²) < 4.78 is 32.6. The van der Waals surface area contributed by atoms with Gasteiger partial charge in [-0.05, 0) is 31.2 Å². The first-order valence-electron chi connectivity index (χ1n) is 8.82. The average Bonchev–Trinajstić information content (AvgIpc) is 3.17. The van der Waals surface area contributed by atoms with E-state index in [-0.39, 0.29) is 24.1 Å². The summed E-state index contributed by atoms with van der Waals surface area (Å²) in [5.74, 6) is 0.172. The van der Waals surface area contributed by atoms with Gasteiger partial charge in [-0.15, -0.1) is 11.3 Å². The third-order valence-electron chi connectivity index (χ3n) is 5.31. The summed E-state index contributed by atoms with van der Waals surface area (Å²) in [7, 11) is -3.42. The fourth-order valence-electron chi connectivity index (χ4n) is 3.99. The van der Waals surface area contributed by atoms with Gasteiger partial charge >= 0.3 is 6.09 Å². The zero-order valence-electron chi connectivity index (χ0n) is 14.6. The Morgan fingerprint density at radius 2 is 2.04 bits per heavy atom. The van der Waals surface area contributed by atoms with Crippen molar-refractivity contribution in [3.63, 3.8) is 0 Å². The van der Waals surface area contributed by atoms with E-state index in [4.69, 9.17) is 4.74 Å². The first kappa shape index (κ1) is 17.8. The predicted molar refractivity (Wildman–Crippen MR) is 99.5 cm³/mol. The number of thiophene rings is 1. The molecular weight excluding hydrogens is 372 g/mol. The first-order valence-corrected chi connectivity index (χ1v) is 11.1. The zero-order valence-corrected chi connectivity index (χ0v) is 16.2. The number of sulfonamides is 1. The normalized spacial score (nSPS) is 27.8. The quantitative estimate of drug-likeness (QED) is 0.791. The Kier molecular flexibility index (Phi) is 4.66. The monoisotopic (exact) mass is 394 g/mol. The van der Waals surface area contributed by atoms with E-state index >= 15 is 0 Å². The summed E-state index contributed by atoms with van der Waals surface area (Å²) >= 11 is 1.24. The van der Waals surface area contributed by atoms with Gasteiger partial charge in [-0.3, -0.25) is 4.90 Å². The van der Waals surface area contributed by atoms with Gasteiger partial charge in [0.1, 0.15) is 10.8 Å². The van der Waals surface area contributed by atoms with Crippen molar-refractivity contribution in [1.29, 1.82) is 0 Å². The number of fused-ring (bicyclic) bond motifs is 1. The second-order valence-corrected chi connectivity index (χ2v) is 10.1. The minimum absolute atomic E-state index is 0.00143. The fraction of sp³-hybridized carbons (Fsp3) is 0.500. The van der Waals surface area contributed by atoms with Crippen LogP contribution in [0.4, 0.5) is 4.79 Å². The number of rotatable bonds is 3. The molecule has 26 heavy (non-hydrogen) atoms. The molecule has 2 aliphatic heterocycles. The van der Waals surface area contributed by atoms with E-state index in [1.807, 2.05) is 17.9 Å². The van der Waals surface area contributed by atoms with Crippen molar-refractivity contribution in [2.75, 3.05) is 19.7 Å². The Morgan fingerprint density at radius 3 is 2.73 bits per heavy atom. The highest BCUT2D eigenvalue weighted by molar-refractivity contribution is 7.91. The molecule has 1 aromatic rings. The summed E-state index contributed by atoms with van der Waals surface area (Å²) in [6.07, 6.45) is 7.24. The lowest BCUT2D eigenvalue weighted by molar-refractivity contribution is 0.00596. The molecule has 2 atom stereocenters. The smallest absolute Gasteiger partial charge is 0.410 e. The van der Waals surface area contributed by atoms with Gasteiger partial charge in [0.15, 0.2) is 0 Å². The van der Waals surface area contributed by atoms with Crippen LogP contribution in [-0.2, 0) is 14.8 Å². The molecule has 4 rings (SSSR count). The fourth-order valence-corrected chi connectivity index (χ4v) is 6.60. The highest BCUT2D eigenvalue weighted by atomic mass is 32.2. The predicted octanol–water partition coefficient (Wildman–Crippen LogP) is 2.85. The van der Waals surface area contributed by atoms with Crippen LogP contribution in [0.3, 0.4) is 0 Å². The molecule has 8 heteroatoms. The lowest BCUT2D eigenvalue weighted by atomic mass is 9.88. The summed E-state index contributed by atoms with van der Waals surface area (Å²) in [6, 6.07) is 3.39. The van der Waals surface area contributed by atoms with E-state index in [2.05, 4.69) is 12.2 Å². The molecule has 2 unspecified atom stereocenters. The second kappa shape index (κ2) is 6.83. The van der Waals surface area contributed by atoms with E-state index in [1.54, 1.807) is 17.5 Å².